The second-order valence-corrected chi connectivity index (χ2v) is 3.62. The zero-order valence-corrected chi connectivity index (χ0v) is 10.00. The van der Waals surface area contributed by atoms with E-state index >= 15 is 0 Å². The number of amides is 1. The van der Waals surface area contributed by atoms with Crippen LogP contribution in [0.5, 0.6) is 0 Å². The van der Waals surface area contributed by atoms with Crippen molar-refractivity contribution in [1.29, 1.82) is 0 Å². The van der Waals surface area contributed by atoms with Gasteiger partial charge in [-0.3, -0.25) is 4.79 Å². The molecule has 1 aromatic rings. The Labute approximate surface area is 103 Å². The first-order valence-corrected chi connectivity index (χ1v) is 5.19. The fraction of sp³-hybridized carbons (Fsp3) is 0.333. The molecule has 1 amide bonds. The van der Waals surface area contributed by atoms with Gasteiger partial charge in [0, 0.05) is 19.0 Å². The van der Waals surface area contributed by atoms with Crippen LogP contribution in [0.2, 0.25) is 0 Å². The summed E-state index contributed by atoms with van der Waals surface area (Å²) >= 11 is 0. The van der Waals surface area contributed by atoms with Crippen molar-refractivity contribution in [3.05, 3.63) is 34.9 Å². The summed E-state index contributed by atoms with van der Waals surface area (Å²) in [7, 11) is 1.12. The Balaban J connectivity index is 3.05. The smallest absolute Gasteiger partial charge is 0.338 e. The maximum absolute atomic E-state index is 12.7. The van der Waals surface area contributed by atoms with Gasteiger partial charge >= 0.3 is 5.97 Å². The van der Waals surface area contributed by atoms with E-state index in [0.29, 0.717) is 5.56 Å². The molecule has 0 atom stereocenters. The van der Waals surface area contributed by atoms with Crippen LogP contribution >= 0.6 is 0 Å². The van der Waals surface area contributed by atoms with E-state index < -0.39 is 12.4 Å². The summed E-state index contributed by atoms with van der Waals surface area (Å²) in [4.78, 5) is 22.1. The molecule has 0 unspecified atom stereocenters. The Kier molecular flexibility index (Phi) is 4.76. The number of hydrogen-bond acceptors (Lipinski definition) is 3. The molecular formula is C12H13F2NO3. The standard InChI is InChI=1S/C12H13F2NO3/c1-7(16)15-6-8-3-4-9(11(13)14)10(5-8)12(17)18-2/h3-5,11H,6H2,1-2H3,(H,15,16). The summed E-state index contributed by atoms with van der Waals surface area (Å²) in [6.45, 7) is 1.51. The highest BCUT2D eigenvalue weighted by Gasteiger charge is 2.19. The number of ether oxygens (including phenoxy) is 1. The predicted octanol–water partition coefficient (Wildman–Crippen LogP) is 2.05. The minimum atomic E-state index is -2.76. The Morgan fingerprint density at radius 2 is 2.06 bits per heavy atom. The van der Waals surface area contributed by atoms with Crippen LogP contribution in [0.1, 0.15) is 34.8 Å². The Hall–Kier alpha value is -1.98. The van der Waals surface area contributed by atoms with Gasteiger partial charge in [-0.25, -0.2) is 13.6 Å². The average molecular weight is 257 g/mol. The Morgan fingerprint density at radius 3 is 2.56 bits per heavy atom. The largest absolute Gasteiger partial charge is 0.465 e. The number of carbonyl (C=O) groups is 2. The first kappa shape index (κ1) is 14.1. The molecular weight excluding hydrogens is 244 g/mol. The monoisotopic (exact) mass is 257 g/mol. The predicted molar refractivity (Wildman–Crippen MR) is 60.3 cm³/mol. The van der Waals surface area contributed by atoms with Crippen molar-refractivity contribution >= 4 is 11.9 Å². The minimum absolute atomic E-state index is 0.169. The average Bonchev–Trinajstić information content (AvgIpc) is 2.34. The number of esters is 1. The van der Waals surface area contributed by atoms with Crippen molar-refractivity contribution in [3.63, 3.8) is 0 Å². The molecule has 1 aromatic carbocycles. The van der Waals surface area contributed by atoms with E-state index in [-0.39, 0.29) is 23.6 Å². The molecule has 18 heavy (non-hydrogen) atoms. The minimum Gasteiger partial charge on any atom is -0.465 e. The molecule has 0 aromatic heterocycles. The van der Waals surface area contributed by atoms with Crippen LogP contribution in [0.4, 0.5) is 8.78 Å². The SMILES string of the molecule is COC(=O)c1cc(CNC(C)=O)ccc1C(F)F. The molecule has 0 radical (unpaired) electrons. The first-order valence-electron chi connectivity index (χ1n) is 5.19. The lowest BCUT2D eigenvalue weighted by molar-refractivity contribution is -0.119. The number of hydrogen-bond donors (Lipinski definition) is 1. The van der Waals surface area contributed by atoms with E-state index in [1.165, 1.54) is 19.1 Å². The van der Waals surface area contributed by atoms with E-state index in [4.69, 9.17) is 0 Å². The maximum atomic E-state index is 12.7. The fourth-order valence-electron chi connectivity index (χ4n) is 1.42. The lowest BCUT2D eigenvalue weighted by Crippen LogP contribution is -2.19. The van der Waals surface area contributed by atoms with E-state index in [1.807, 2.05) is 0 Å². The molecule has 0 aliphatic carbocycles. The highest BCUT2D eigenvalue weighted by atomic mass is 19.3. The summed E-state index contributed by atoms with van der Waals surface area (Å²) < 4.78 is 29.8. The molecule has 1 rings (SSSR count). The number of nitrogens with one attached hydrogen (secondary N) is 1. The third-order valence-electron chi connectivity index (χ3n) is 2.30. The zero-order valence-electron chi connectivity index (χ0n) is 10.00. The molecule has 0 aliphatic heterocycles. The summed E-state index contributed by atoms with van der Waals surface area (Å²) in [6.07, 6.45) is -2.76. The van der Waals surface area contributed by atoms with Crippen LogP contribution in [0.25, 0.3) is 0 Å². The number of methoxy groups -OCH3 is 1. The van der Waals surface area contributed by atoms with Gasteiger partial charge in [0.1, 0.15) is 0 Å². The molecule has 0 saturated carbocycles. The van der Waals surface area contributed by atoms with Crippen LogP contribution < -0.4 is 5.32 Å². The molecule has 0 bridgehead atoms. The summed E-state index contributed by atoms with van der Waals surface area (Å²) in [5.41, 5.74) is -0.0150. The van der Waals surface area contributed by atoms with Crippen LogP contribution in [0.3, 0.4) is 0 Å². The van der Waals surface area contributed by atoms with Gasteiger partial charge in [0.25, 0.3) is 6.43 Å². The van der Waals surface area contributed by atoms with E-state index in [1.54, 1.807) is 0 Å². The number of benzene rings is 1. The molecule has 4 nitrogen and oxygen atoms in total. The van der Waals surface area contributed by atoms with Crippen molar-refractivity contribution in [2.24, 2.45) is 0 Å². The van der Waals surface area contributed by atoms with Gasteiger partial charge in [-0.15, -0.1) is 0 Å². The maximum Gasteiger partial charge on any atom is 0.338 e. The van der Waals surface area contributed by atoms with Crippen molar-refractivity contribution in [3.8, 4) is 0 Å². The number of halogens is 2. The molecule has 98 valence electrons. The molecule has 1 N–H and O–H groups in total. The first-order chi connectivity index (χ1) is 8.45. The van der Waals surface area contributed by atoms with Crippen LogP contribution in [-0.2, 0) is 16.1 Å². The second-order valence-electron chi connectivity index (χ2n) is 3.62. The number of rotatable bonds is 4. The van der Waals surface area contributed by atoms with Gasteiger partial charge in [-0.05, 0) is 11.6 Å². The summed E-state index contributed by atoms with van der Waals surface area (Å²) in [5, 5.41) is 2.52. The van der Waals surface area contributed by atoms with Crippen LogP contribution in [0.15, 0.2) is 18.2 Å². The zero-order chi connectivity index (χ0) is 13.7. The lowest BCUT2D eigenvalue weighted by Gasteiger charge is -2.10. The molecule has 6 heteroatoms. The third kappa shape index (κ3) is 3.51. The molecule has 0 fully saturated rings. The molecule has 0 spiro atoms. The summed E-state index contributed by atoms with van der Waals surface area (Å²) in [6, 6.07) is 3.89. The van der Waals surface area contributed by atoms with E-state index in [2.05, 4.69) is 10.1 Å². The highest BCUT2D eigenvalue weighted by molar-refractivity contribution is 5.91. The van der Waals surface area contributed by atoms with Crippen LogP contribution in [-0.4, -0.2) is 19.0 Å². The van der Waals surface area contributed by atoms with Gasteiger partial charge < -0.3 is 10.1 Å². The van der Waals surface area contributed by atoms with Gasteiger partial charge in [-0.2, -0.15) is 0 Å². The van der Waals surface area contributed by atoms with Gasteiger partial charge in [-0.1, -0.05) is 12.1 Å². The van der Waals surface area contributed by atoms with Gasteiger partial charge in [0.2, 0.25) is 5.91 Å². The molecule has 0 saturated heterocycles. The van der Waals surface area contributed by atoms with Gasteiger partial charge in [0.15, 0.2) is 0 Å². The normalized spacial score (nSPS) is 10.3. The highest BCUT2D eigenvalue weighted by Crippen LogP contribution is 2.24. The van der Waals surface area contributed by atoms with Crippen molar-refractivity contribution in [2.75, 3.05) is 7.11 Å². The van der Waals surface area contributed by atoms with Gasteiger partial charge in [0.05, 0.1) is 12.7 Å². The van der Waals surface area contributed by atoms with Crippen molar-refractivity contribution in [2.45, 2.75) is 19.9 Å². The Morgan fingerprint density at radius 1 is 1.39 bits per heavy atom. The molecule has 0 aliphatic rings. The fourth-order valence-corrected chi connectivity index (χ4v) is 1.42. The third-order valence-corrected chi connectivity index (χ3v) is 2.30. The van der Waals surface area contributed by atoms with Crippen LogP contribution in [0, 0.1) is 0 Å². The number of alkyl halides is 2. The van der Waals surface area contributed by atoms with E-state index in [0.717, 1.165) is 13.2 Å². The number of carbonyl (C=O) groups excluding carboxylic acids is 2. The lowest BCUT2D eigenvalue weighted by atomic mass is 10.0. The van der Waals surface area contributed by atoms with Crippen molar-refractivity contribution in [1.82, 2.24) is 5.32 Å². The van der Waals surface area contributed by atoms with E-state index in [9.17, 15) is 18.4 Å². The van der Waals surface area contributed by atoms with Crippen molar-refractivity contribution < 1.29 is 23.1 Å². The quantitative estimate of drug-likeness (QED) is 0.840. The Bertz CT molecular complexity index is 461. The second kappa shape index (κ2) is 6.09. The topological polar surface area (TPSA) is 55.4 Å². The summed E-state index contributed by atoms with van der Waals surface area (Å²) in [5.74, 6) is -1.07. The molecule has 0 heterocycles.